The highest BCUT2D eigenvalue weighted by Gasteiger charge is 2.39. The smallest absolute Gasteiger partial charge is 0.195 e. The number of rotatable bonds is 8. The van der Waals surface area contributed by atoms with Gasteiger partial charge < -0.3 is 14.8 Å². The first-order valence-electron chi connectivity index (χ1n) is 9.07. The van der Waals surface area contributed by atoms with E-state index < -0.39 is 5.79 Å². The second kappa shape index (κ2) is 9.20. The molecular formula is C21H25Cl2NO2. The van der Waals surface area contributed by atoms with Crippen LogP contribution in [0.3, 0.4) is 0 Å². The summed E-state index contributed by atoms with van der Waals surface area (Å²) in [6.07, 6.45) is 2.80. The molecule has 1 atom stereocenters. The molecule has 1 N–H and O–H groups in total. The maximum absolute atomic E-state index is 6.23. The van der Waals surface area contributed by atoms with Crippen LogP contribution >= 0.6 is 23.2 Å². The van der Waals surface area contributed by atoms with Crippen LogP contribution in [0.25, 0.3) is 0 Å². The molecule has 0 saturated carbocycles. The van der Waals surface area contributed by atoms with Crippen molar-refractivity contribution < 1.29 is 9.47 Å². The van der Waals surface area contributed by atoms with Gasteiger partial charge >= 0.3 is 0 Å². The minimum Gasteiger partial charge on any atom is -0.343 e. The lowest BCUT2D eigenvalue weighted by Gasteiger charge is -2.30. The topological polar surface area (TPSA) is 30.5 Å². The van der Waals surface area contributed by atoms with Gasteiger partial charge in [0.15, 0.2) is 5.79 Å². The molecule has 5 heteroatoms. The summed E-state index contributed by atoms with van der Waals surface area (Å²) in [5, 5.41) is 4.32. The van der Waals surface area contributed by atoms with Crippen LogP contribution in [0.2, 0.25) is 10.0 Å². The third-order valence-corrected chi connectivity index (χ3v) is 5.69. The quantitative estimate of drug-likeness (QED) is 0.653. The van der Waals surface area contributed by atoms with E-state index in [1.807, 2.05) is 25.2 Å². The Labute approximate surface area is 165 Å². The van der Waals surface area contributed by atoms with Crippen LogP contribution in [0.4, 0.5) is 0 Å². The number of hydrogen-bond donors (Lipinski definition) is 1. The van der Waals surface area contributed by atoms with Gasteiger partial charge in [-0.2, -0.15) is 0 Å². The lowest BCUT2D eigenvalue weighted by Crippen LogP contribution is -2.28. The van der Waals surface area contributed by atoms with Gasteiger partial charge in [0.2, 0.25) is 0 Å². The van der Waals surface area contributed by atoms with E-state index in [1.54, 1.807) is 0 Å². The zero-order valence-electron chi connectivity index (χ0n) is 15.0. The summed E-state index contributed by atoms with van der Waals surface area (Å²) >= 11 is 12.3. The van der Waals surface area contributed by atoms with Crippen molar-refractivity contribution >= 4 is 23.2 Å². The highest BCUT2D eigenvalue weighted by Crippen LogP contribution is 2.40. The predicted octanol–water partition coefficient (Wildman–Crippen LogP) is 5.37. The molecule has 0 bridgehead atoms. The molecule has 26 heavy (non-hydrogen) atoms. The molecule has 0 spiro atoms. The van der Waals surface area contributed by atoms with Gasteiger partial charge in [0.25, 0.3) is 0 Å². The first-order valence-corrected chi connectivity index (χ1v) is 9.83. The fourth-order valence-electron chi connectivity index (χ4n) is 3.53. The van der Waals surface area contributed by atoms with Crippen molar-refractivity contribution in [2.45, 2.75) is 31.0 Å². The first kappa shape index (κ1) is 19.7. The summed E-state index contributed by atoms with van der Waals surface area (Å²) in [7, 11) is 1.99. The number of nitrogens with one attached hydrogen (secondary N) is 1. The van der Waals surface area contributed by atoms with Gasteiger partial charge in [-0.3, -0.25) is 0 Å². The summed E-state index contributed by atoms with van der Waals surface area (Å²) in [5.41, 5.74) is 2.29. The molecule has 1 aliphatic rings. The highest BCUT2D eigenvalue weighted by atomic mass is 35.5. The largest absolute Gasteiger partial charge is 0.343 e. The summed E-state index contributed by atoms with van der Waals surface area (Å²) in [5.74, 6) is -0.294. The van der Waals surface area contributed by atoms with Crippen molar-refractivity contribution in [3.05, 3.63) is 69.7 Å². The molecule has 0 radical (unpaired) electrons. The molecule has 3 nitrogen and oxygen atoms in total. The van der Waals surface area contributed by atoms with Crippen molar-refractivity contribution in [3.8, 4) is 0 Å². The molecule has 140 valence electrons. The molecular weight excluding hydrogens is 369 g/mol. The Morgan fingerprint density at radius 1 is 1.00 bits per heavy atom. The van der Waals surface area contributed by atoms with E-state index in [-0.39, 0.29) is 0 Å². The van der Waals surface area contributed by atoms with E-state index in [4.69, 9.17) is 32.7 Å². The maximum Gasteiger partial charge on any atom is 0.195 e. The molecule has 0 aromatic heterocycles. The standard InChI is InChI=1S/C21H25Cl2NO2/c1-24-12-10-17(16-5-3-2-4-6-16)9-11-21(25-13-14-26-21)18-7-8-19(22)20(23)15-18/h2-8,15,17,24H,9-14H2,1H3. The zero-order chi connectivity index (χ0) is 18.4. The van der Waals surface area contributed by atoms with Gasteiger partial charge in [0, 0.05) is 12.0 Å². The second-order valence-corrected chi connectivity index (χ2v) is 7.43. The van der Waals surface area contributed by atoms with Crippen LogP contribution in [0.1, 0.15) is 36.3 Å². The molecule has 1 fully saturated rings. The summed E-state index contributed by atoms with van der Waals surface area (Å²) in [6, 6.07) is 16.3. The van der Waals surface area contributed by atoms with Crippen LogP contribution in [-0.4, -0.2) is 26.8 Å². The average Bonchev–Trinajstić information content (AvgIpc) is 3.15. The monoisotopic (exact) mass is 393 g/mol. The summed E-state index contributed by atoms with van der Waals surface area (Å²) < 4.78 is 12.1. The Hall–Kier alpha value is -1.10. The van der Waals surface area contributed by atoms with E-state index in [0.717, 1.165) is 31.4 Å². The van der Waals surface area contributed by atoms with Gasteiger partial charge in [-0.25, -0.2) is 0 Å². The third-order valence-electron chi connectivity index (χ3n) is 4.95. The van der Waals surface area contributed by atoms with E-state index in [2.05, 4.69) is 35.6 Å². The normalized spacial score (nSPS) is 17.3. The van der Waals surface area contributed by atoms with Crippen LogP contribution in [0.15, 0.2) is 48.5 Å². The molecule has 1 saturated heterocycles. The van der Waals surface area contributed by atoms with Gasteiger partial charge in [-0.1, -0.05) is 59.6 Å². The number of halogens is 2. The van der Waals surface area contributed by atoms with E-state index >= 15 is 0 Å². The van der Waals surface area contributed by atoms with Gasteiger partial charge in [-0.15, -0.1) is 0 Å². The van der Waals surface area contributed by atoms with E-state index in [0.29, 0.717) is 29.2 Å². The molecule has 3 rings (SSSR count). The molecule has 2 aromatic carbocycles. The van der Waals surface area contributed by atoms with E-state index in [9.17, 15) is 0 Å². The maximum atomic E-state index is 6.23. The molecule has 1 unspecified atom stereocenters. The Morgan fingerprint density at radius 2 is 1.73 bits per heavy atom. The Morgan fingerprint density at radius 3 is 2.38 bits per heavy atom. The van der Waals surface area contributed by atoms with Crippen LogP contribution in [-0.2, 0) is 15.3 Å². The fraction of sp³-hybridized carbons (Fsp3) is 0.429. The van der Waals surface area contributed by atoms with Crippen molar-refractivity contribution in [1.82, 2.24) is 5.32 Å². The van der Waals surface area contributed by atoms with Crippen LogP contribution in [0.5, 0.6) is 0 Å². The van der Waals surface area contributed by atoms with Gasteiger partial charge in [0.05, 0.1) is 23.3 Å². The lowest BCUT2D eigenvalue weighted by molar-refractivity contribution is -0.172. The number of hydrogen-bond acceptors (Lipinski definition) is 3. The van der Waals surface area contributed by atoms with Gasteiger partial charge in [-0.05, 0) is 50.0 Å². The predicted molar refractivity (Wildman–Crippen MR) is 107 cm³/mol. The minimum absolute atomic E-state index is 0.441. The Kier molecular flexibility index (Phi) is 6.96. The first-order chi connectivity index (χ1) is 12.6. The molecule has 2 aromatic rings. The molecule has 0 aliphatic carbocycles. The van der Waals surface area contributed by atoms with Crippen molar-refractivity contribution in [2.24, 2.45) is 0 Å². The van der Waals surface area contributed by atoms with Crippen LogP contribution < -0.4 is 5.32 Å². The summed E-state index contributed by atoms with van der Waals surface area (Å²) in [4.78, 5) is 0. The second-order valence-electron chi connectivity index (χ2n) is 6.62. The highest BCUT2D eigenvalue weighted by molar-refractivity contribution is 6.42. The third kappa shape index (κ3) is 4.59. The minimum atomic E-state index is -0.735. The van der Waals surface area contributed by atoms with Crippen molar-refractivity contribution in [3.63, 3.8) is 0 Å². The van der Waals surface area contributed by atoms with Gasteiger partial charge in [0.1, 0.15) is 0 Å². The number of benzene rings is 2. The van der Waals surface area contributed by atoms with Crippen molar-refractivity contribution in [1.29, 1.82) is 0 Å². The molecule has 0 amide bonds. The Balaban J connectivity index is 1.79. The van der Waals surface area contributed by atoms with Crippen molar-refractivity contribution in [2.75, 3.05) is 26.8 Å². The van der Waals surface area contributed by atoms with E-state index in [1.165, 1.54) is 5.56 Å². The SMILES string of the molecule is CNCCC(CCC1(c2ccc(Cl)c(Cl)c2)OCCO1)c1ccccc1. The zero-order valence-corrected chi connectivity index (χ0v) is 16.5. The summed E-state index contributed by atoms with van der Waals surface area (Å²) in [6.45, 7) is 2.15. The Bertz CT molecular complexity index is 702. The molecule has 1 heterocycles. The fourth-order valence-corrected chi connectivity index (χ4v) is 3.83. The number of ether oxygens (including phenoxy) is 2. The molecule has 1 aliphatic heterocycles. The lowest BCUT2D eigenvalue weighted by atomic mass is 9.87. The average molecular weight is 394 g/mol. The van der Waals surface area contributed by atoms with Crippen LogP contribution in [0, 0.1) is 0 Å².